The summed E-state index contributed by atoms with van der Waals surface area (Å²) in [5.74, 6) is 0.0699. The fourth-order valence-electron chi connectivity index (χ4n) is 2.99. The van der Waals surface area contributed by atoms with Crippen molar-refractivity contribution < 1.29 is 14.5 Å². The first kappa shape index (κ1) is 18.2. The molecule has 1 aromatic heterocycles. The van der Waals surface area contributed by atoms with Gasteiger partial charge in [-0.05, 0) is 31.4 Å². The summed E-state index contributed by atoms with van der Waals surface area (Å²) in [7, 11) is 0. The van der Waals surface area contributed by atoms with Crippen LogP contribution in [0.3, 0.4) is 0 Å². The van der Waals surface area contributed by atoms with Crippen LogP contribution in [0.5, 0.6) is 5.75 Å². The number of hydrogen-bond donors (Lipinski definition) is 1. The van der Waals surface area contributed by atoms with Gasteiger partial charge >= 0.3 is 5.69 Å². The van der Waals surface area contributed by atoms with Gasteiger partial charge in [-0.15, -0.1) is 10.2 Å². The number of benzene rings is 1. The molecule has 1 aromatic carbocycles. The monoisotopic (exact) mass is 376 g/mol. The maximum atomic E-state index is 12.1. The third kappa shape index (κ3) is 4.54. The van der Waals surface area contributed by atoms with Crippen molar-refractivity contribution in [1.82, 2.24) is 10.2 Å². The molecular formula is C17H20N4O4S. The molecule has 0 aliphatic heterocycles. The lowest BCUT2D eigenvalue weighted by atomic mass is 9.90. The van der Waals surface area contributed by atoms with Crippen LogP contribution in [0.4, 0.5) is 10.8 Å². The van der Waals surface area contributed by atoms with E-state index in [1.807, 2.05) is 0 Å². The number of hydrogen-bond acceptors (Lipinski definition) is 7. The molecule has 2 aromatic rings. The van der Waals surface area contributed by atoms with Crippen LogP contribution >= 0.6 is 11.3 Å². The van der Waals surface area contributed by atoms with Gasteiger partial charge in [0.2, 0.25) is 5.13 Å². The minimum atomic E-state index is -0.526. The molecular weight excluding hydrogens is 356 g/mol. The number of aromatic nitrogens is 2. The molecule has 1 saturated carbocycles. The highest BCUT2D eigenvalue weighted by atomic mass is 32.1. The Hall–Kier alpha value is -2.55. The van der Waals surface area contributed by atoms with Gasteiger partial charge in [-0.25, -0.2) is 0 Å². The summed E-state index contributed by atoms with van der Waals surface area (Å²) in [4.78, 5) is 22.6. The van der Waals surface area contributed by atoms with Crippen LogP contribution in [-0.2, 0) is 4.79 Å². The van der Waals surface area contributed by atoms with Gasteiger partial charge in [-0.2, -0.15) is 0 Å². The maximum Gasteiger partial charge on any atom is 0.311 e. The second-order valence-corrected chi connectivity index (χ2v) is 7.35. The zero-order valence-electron chi connectivity index (χ0n) is 14.4. The SMILES string of the molecule is Cc1ccc(OCC(=O)Nc2nnc(C3CCCCC3)s2)c([N+](=O)[O-])c1. The van der Waals surface area contributed by atoms with Crippen molar-refractivity contribution in [2.24, 2.45) is 0 Å². The lowest BCUT2D eigenvalue weighted by Crippen LogP contribution is -2.20. The number of nitrogens with one attached hydrogen (secondary N) is 1. The van der Waals surface area contributed by atoms with Crippen molar-refractivity contribution in [3.05, 3.63) is 38.9 Å². The molecule has 1 heterocycles. The first-order chi connectivity index (χ1) is 12.5. The van der Waals surface area contributed by atoms with Gasteiger partial charge in [0.1, 0.15) is 5.01 Å². The zero-order valence-corrected chi connectivity index (χ0v) is 15.3. The van der Waals surface area contributed by atoms with Crippen molar-refractivity contribution in [2.45, 2.75) is 44.9 Å². The van der Waals surface area contributed by atoms with Crippen LogP contribution < -0.4 is 10.1 Å². The number of amides is 1. The topological polar surface area (TPSA) is 107 Å². The van der Waals surface area contributed by atoms with Crippen molar-refractivity contribution in [3.63, 3.8) is 0 Å². The Kier molecular flexibility index (Phi) is 5.77. The smallest absolute Gasteiger partial charge is 0.311 e. The summed E-state index contributed by atoms with van der Waals surface area (Å²) >= 11 is 1.38. The predicted octanol–water partition coefficient (Wildman–Crippen LogP) is 3.82. The number of rotatable bonds is 6. The molecule has 1 amide bonds. The van der Waals surface area contributed by atoms with Gasteiger partial charge in [0.25, 0.3) is 5.91 Å². The number of carbonyl (C=O) groups is 1. The summed E-state index contributed by atoms with van der Waals surface area (Å²) in [6.07, 6.45) is 5.90. The normalized spacial score (nSPS) is 14.8. The minimum absolute atomic E-state index is 0.0657. The van der Waals surface area contributed by atoms with E-state index in [0.717, 1.165) is 23.4 Å². The van der Waals surface area contributed by atoms with E-state index in [2.05, 4.69) is 15.5 Å². The molecule has 0 spiro atoms. The van der Waals surface area contributed by atoms with E-state index in [-0.39, 0.29) is 18.0 Å². The number of aryl methyl sites for hydroxylation is 1. The summed E-state index contributed by atoms with van der Waals surface area (Å²) in [6.45, 7) is 1.42. The summed E-state index contributed by atoms with van der Waals surface area (Å²) < 4.78 is 5.31. The maximum absolute atomic E-state index is 12.1. The second-order valence-electron chi connectivity index (χ2n) is 6.35. The summed E-state index contributed by atoms with van der Waals surface area (Å²) in [5.41, 5.74) is 0.589. The molecule has 1 aliphatic carbocycles. The van der Waals surface area contributed by atoms with Gasteiger partial charge in [0.15, 0.2) is 12.4 Å². The first-order valence-corrected chi connectivity index (χ1v) is 9.35. The highest BCUT2D eigenvalue weighted by molar-refractivity contribution is 7.15. The summed E-state index contributed by atoms with van der Waals surface area (Å²) in [6, 6.07) is 4.60. The Morgan fingerprint density at radius 2 is 2.12 bits per heavy atom. The third-order valence-corrected chi connectivity index (χ3v) is 5.31. The van der Waals surface area contributed by atoms with Gasteiger partial charge in [-0.3, -0.25) is 20.2 Å². The second kappa shape index (κ2) is 8.22. The average molecular weight is 376 g/mol. The van der Waals surface area contributed by atoms with Crippen LogP contribution in [0.2, 0.25) is 0 Å². The fourth-order valence-corrected chi connectivity index (χ4v) is 3.92. The molecule has 1 fully saturated rings. The molecule has 0 atom stereocenters. The van der Waals surface area contributed by atoms with Crippen LogP contribution in [0, 0.1) is 17.0 Å². The predicted molar refractivity (Wildman–Crippen MR) is 97.7 cm³/mol. The van der Waals surface area contributed by atoms with Crippen LogP contribution in [0.25, 0.3) is 0 Å². The third-order valence-electron chi connectivity index (χ3n) is 4.31. The standard InChI is InChI=1S/C17H20N4O4S/c1-11-7-8-14(13(9-11)21(23)24)25-10-15(22)18-17-20-19-16(26-17)12-5-3-2-4-6-12/h7-9,12H,2-6,10H2,1H3,(H,18,20,22). The molecule has 0 unspecified atom stereocenters. The molecule has 1 aliphatic rings. The molecule has 0 bridgehead atoms. The number of ether oxygens (including phenoxy) is 1. The van der Waals surface area contributed by atoms with E-state index in [1.165, 1.54) is 42.7 Å². The van der Waals surface area contributed by atoms with Crippen LogP contribution in [0.1, 0.15) is 48.6 Å². The van der Waals surface area contributed by atoms with Gasteiger partial charge < -0.3 is 4.74 Å². The highest BCUT2D eigenvalue weighted by Gasteiger charge is 2.21. The Morgan fingerprint density at radius 3 is 2.85 bits per heavy atom. The van der Waals surface area contributed by atoms with Gasteiger partial charge in [0.05, 0.1) is 4.92 Å². The minimum Gasteiger partial charge on any atom is -0.477 e. The molecule has 0 radical (unpaired) electrons. The number of anilines is 1. The van der Waals surface area contributed by atoms with E-state index >= 15 is 0 Å². The fraction of sp³-hybridized carbons (Fsp3) is 0.471. The zero-order chi connectivity index (χ0) is 18.5. The summed E-state index contributed by atoms with van der Waals surface area (Å²) in [5, 5.41) is 23.3. The first-order valence-electron chi connectivity index (χ1n) is 8.54. The van der Waals surface area contributed by atoms with Crippen molar-refractivity contribution in [2.75, 3.05) is 11.9 Å². The number of nitro groups is 1. The van der Waals surface area contributed by atoms with Crippen molar-refractivity contribution >= 4 is 28.1 Å². The molecule has 26 heavy (non-hydrogen) atoms. The average Bonchev–Trinajstić information content (AvgIpc) is 3.09. The van der Waals surface area contributed by atoms with Crippen LogP contribution in [0.15, 0.2) is 18.2 Å². The lowest BCUT2D eigenvalue weighted by Gasteiger charge is -2.18. The van der Waals surface area contributed by atoms with E-state index in [4.69, 9.17) is 4.74 Å². The molecule has 0 saturated heterocycles. The Bertz CT molecular complexity index is 802. The lowest BCUT2D eigenvalue weighted by molar-refractivity contribution is -0.385. The molecule has 3 rings (SSSR count). The number of carbonyl (C=O) groups excluding carboxylic acids is 1. The van der Waals surface area contributed by atoms with E-state index in [9.17, 15) is 14.9 Å². The molecule has 8 nitrogen and oxygen atoms in total. The van der Waals surface area contributed by atoms with Gasteiger partial charge in [-0.1, -0.05) is 36.7 Å². The van der Waals surface area contributed by atoms with Crippen molar-refractivity contribution in [3.8, 4) is 5.75 Å². The molecule has 9 heteroatoms. The highest BCUT2D eigenvalue weighted by Crippen LogP contribution is 2.35. The van der Waals surface area contributed by atoms with Crippen LogP contribution in [-0.4, -0.2) is 27.6 Å². The number of nitrogens with zero attached hydrogens (tertiary/aromatic N) is 3. The van der Waals surface area contributed by atoms with E-state index in [0.29, 0.717) is 11.0 Å². The molecule has 1 N–H and O–H groups in total. The largest absolute Gasteiger partial charge is 0.477 e. The Morgan fingerprint density at radius 1 is 1.35 bits per heavy atom. The van der Waals surface area contributed by atoms with Crippen molar-refractivity contribution in [1.29, 1.82) is 0 Å². The Balaban J connectivity index is 1.56. The quantitative estimate of drug-likeness (QED) is 0.606. The van der Waals surface area contributed by atoms with Gasteiger partial charge in [0, 0.05) is 12.0 Å². The van der Waals surface area contributed by atoms with E-state index < -0.39 is 10.8 Å². The Labute approximate surface area is 154 Å². The molecule has 138 valence electrons. The van der Waals surface area contributed by atoms with E-state index in [1.54, 1.807) is 13.0 Å². The number of nitro benzene ring substituents is 1.